The highest BCUT2D eigenvalue weighted by molar-refractivity contribution is 7.21. The van der Waals surface area contributed by atoms with Gasteiger partial charge in [-0.1, -0.05) is 20.8 Å². The van der Waals surface area contributed by atoms with Gasteiger partial charge in [0.05, 0.1) is 18.0 Å². The first-order valence-electron chi connectivity index (χ1n) is 11.9. The van der Waals surface area contributed by atoms with Gasteiger partial charge in [0.15, 0.2) is 5.13 Å². The monoisotopic (exact) mass is 506 g/mol. The van der Waals surface area contributed by atoms with Gasteiger partial charge in [0, 0.05) is 22.0 Å². The number of amides is 1. The lowest BCUT2D eigenvalue weighted by Crippen LogP contribution is -2.27. The number of nitrogens with two attached hydrogens (primary N) is 1. The number of fused-ring (bicyclic) bond motifs is 2. The fraction of sp³-hybridized carbons (Fsp3) is 0.370. The highest BCUT2D eigenvalue weighted by Crippen LogP contribution is 2.40. The number of nitrogen functional groups attached to an aromatic ring is 1. The number of rotatable bonds is 5. The van der Waals surface area contributed by atoms with Crippen LogP contribution in [0.1, 0.15) is 55.0 Å². The number of aryl methyl sites for hydroxylation is 1. The second kappa shape index (κ2) is 9.24. The molecule has 0 saturated carbocycles. The van der Waals surface area contributed by atoms with Crippen LogP contribution in [0.4, 0.5) is 10.8 Å². The number of benzene rings is 1. The number of hydrogen-bond acceptors (Lipinski definition) is 7. The molecule has 0 radical (unpaired) electrons. The Morgan fingerprint density at radius 1 is 1.23 bits per heavy atom. The maximum atomic E-state index is 13.1. The Morgan fingerprint density at radius 2 is 2.00 bits per heavy atom. The van der Waals surface area contributed by atoms with E-state index in [1.54, 1.807) is 0 Å². The van der Waals surface area contributed by atoms with E-state index in [2.05, 4.69) is 37.1 Å². The molecule has 1 unspecified atom stereocenters. The fourth-order valence-electron chi connectivity index (χ4n) is 4.60. The molecule has 8 heteroatoms. The molecule has 6 nitrogen and oxygen atoms in total. The van der Waals surface area contributed by atoms with E-state index in [1.807, 2.05) is 36.6 Å². The maximum absolute atomic E-state index is 13.1. The SMILES string of the molecule is CCOc1ccc(-c2csc(NC(=O)c3sc4nc5c(cc4c3N)CC(C(C)(C)C)CC5)n2)cc1. The van der Waals surface area contributed by atoms with E-state index in [0.717, 1.165) is 52.2 Å². The summed E-state index contributed by atoms with van der Waals surface area (Å²) in [5.74, 6) is 1.19. The van der Waals surface area contributed by atoms with Gasteiger partial charge in [0.2, 0.25) is 0 Å². The molecule has 1 aliphatic rings. The number of nitrogens with zero attached hydrogens (tertiary/aromatic N) is 2. The molecule has 0 aliphatic heterocycles. The van der Waals surface area contributed by atoms with Crippen LogP contribution >= 0.6 is 22.7 Å². The molecular formula is C27H30N4O2S2. The summed E-state index contributed by atoms with van der Waals surface area (Å²) in [7, 11) is 0. The van der Waals surface area contributed by atoms with Crippen LogP contribution in [0, 0.1) is 11.3 Å². The van der Waals surface area contributed by atoms with Crippen LogP contribution in [0.2, 0.25) is 0 Å². The Labute approximate surface area is 213 Å². The van der Waals surface area contributed by atoms with Crippen molar-refractivity contribution < 1.29 is 9.53 Å². The average Bonchev–Trinajstić information content (AvgIpc) is 3.42. The number of nitrogens with one attached hydrogen (secondary N) is 1. The Kier molecular flexibility index (Phi) is 6.27. The van der Waals surface area contributed by atoms with Gasteiger partial charge in [0.25, 0.3) is 5.91 Å². The van der Waals surface area contributed by atoms with E-state index < -0.39 is 0 Å². The van der Waals surface area contributed by atoms with Crippen LogP contribution in [-0.4, -0.2) is 22.5 Å². The Hall–Kier alpha value is -2.97. The van der Waals surface area contributed by atoms with Gasteiger partial charge in [-0.25, -0.2) is 9.97 Å². The zero-order valence-electron chi connectivity index (χ0n) is 20.5. The summed E-state index contributed by atoms with van der Waals surface area (Å²) in [6.45, 7) is 9.49. The zero-order valence-corrected chi connectivity index (χ0v) is 22.1. The van der Waals surface area contributed by atoms with E-state index in [-0.39, 0.29) is 11.3 Å². The Balaban J connectivity index is 1.36. The first-order chi connectivity index (χ1) is 16.7. The highest BCUT2D eigenvalue weighted by Gasteiger charge is 2.30. The minimum atomic E-state index is -0.247. The molecule has 0 fully saturated rings. The largest absolute Gasteiger partial charge is 0.494 e. The topological polar surface area (TPSA) is 90.1 Å². The Morgan fingerprint density at radius 3 is 2.71 bits per heavy atom. The molecule has 1 aromatic carbocycles. The maximum Gasteiger partial charge on any atom is 0.269 e. The summed E-state index contributed by atoms with van der Waals surface area (Å²) < 4.78 is 5.50. The molecule has 0 bridgehead atoms. The summed E-state index contributed by atoms with van der Waals surface area (Å²) in [5, 5.41) is 6.27. The van der Waals surface area contributed by atoms with E-state index in [1.165, 1.54) is 28.2 Å². The normalized spacial score (nSPS) is 15.7. The number of carbonyl (C=O) groups excluding carboxylic acids is 1. The van der Waals surface area contributed by atoms with Crippen LogP contribution < -0.4 is 15.8 Å². The molecule has 35 heavy (non-hydrogen) atoms. The second-order valence-corrected chi connectivity index (χ2v) is 11.9. The number of thiophene rings is 1. The summed E-state index contributed by atoms with van der Waals surface area (Å²) in [6, 6.07) is 9.93. The number of anilines is 2. The summed E-state index contributed by atoms with van der Waals surface area (Å²) >= 11 is 2.75. The molecule has 1 amide bonds. The molecule has 3 heterocycles. The molecule has 0 saturated heterocycles. The van der Waals surface area contributed by atoms with Crippen LogP contribution in [0.5, 0.6) is 5.75 Å². The van der Waals surface area contributed by atoms with Crippen molar-refractivity contribution in [2.24, 2.45) is 11.3 Å². The Bertz CT molecular complexity index is 1380. The van der Waals surface area contributed by atoms with Gasteiger partial charge >= 0.3 is 0 Å². The predicted octanol–water partition coefficient (Wildman–Crippen LogP) is 6.80. The third-order valence-corrected chi connectivity index (χ3v) is 8.57. The second-order valence-electron chi connectivity index (χ2n) is 10.0. The molecule has 1 atom stereocenters. The van der Waals surface area contributed by atoms with Crippen LogP contribution in [0.15, 0.2) is 35.7 Å². The lowest BCUT2D eigenvalue weighted by molar-refractivity contribution is 0.103. The van der Waals surface area contributed by atoms with Gasteiger partial charge in [-0.15, -0.1) is 22.7 Å². The van der Waals surface area contributed by atoms with E-state index in [9.17, 15) is 4.79 Å². The van der Waals surface area contributed by atoms with Crippen molar-refractivity contribution in [2.45, 2.75) is 47.0 Å². The minimum Gasteiger partial charge on any atom is -0.494 e. The average molecular weight is 507 g/mol. The van der Waals surface area contributed by atoms with Crippen molar-refractivity contribution in [3.8, 4) is 17.0 Å². The van der Waals surface area contributed by atoms with Gasteiger partial charge in [-0.3, -0.25) is 10.1 Å². The number of ether oxygens (including phenoxy) is 1. The van der Waals surface area contributed by atoms with Gasteiger partial charge in [-0.05, 0) is 73.4 Å². The van der Waals surface area contributed by atoms with Gasteiger partial charge < -0.3 is 10.5 Å². The van der Waals surface area contributed by atoms with E-state index in [0.29, 0.717) is 28.2 Å². The fourth-order valence-corrected chi connectivity index (χ4v) is 6.31. The van der Waals surface area contributed by atoms with Gasteiger partial charge in [0.1, 0.15) is 15.5 Å². The van der Waals surface area contributed by atoms with Crippen LogP contribution in [-0.2, 0) is 12.8 Å². The molecule has 182 valence electrons. The molecule has 3 N–H and O–H groups in total. The highest BCUT2D eigenvalue weighted by atomic mass is 32.1. The number of pyridine rings is 1. The number of carbonyl (C=O) groups is 1. The minimum absolute atomic E-state index is 0.247. The zero-order chi connectivity index (χ0) is 24.7. The van der Waals surface area contributed by atoms with Crippen molar-refractivity contribution in [3.05, 3.63) is 51.8 Å². The van der Waals surface area contributed by atoms with Crippen molar-refractivity contribution in [3.63, 3.8) is 0 Å². The number of aromatic nitrogens is 2. The van der Waals surface area contributed by atoms with Crippen molar-refractivity contribution >= 4 is 49.6 Å². The predicted molar refractivity (Wildman–Crippen MR) is 146 cm³/mol. The standard InChI is InChI=1S/C27H30N4O2S2/c1-5-33-18-9-6-15(7-10-18)21-14-34-26(30-21)31-24(32)23-22(28)19-13-16-12-17(27(2,3)4)8-11-20(16)29-25(19)35-23/h6-7,9-10,13-14,17H,5,8,11-12,28H2,1-4H3,(H,30,31,32). The first-order valence-corrected chi connectivity index (χ1v) is 13.6. The van der Waals surface area contributed by atoms with Crippen LogP contribution in [0.25, 0.3) is 21.5 Å². The molecule has 3 aromatic heterocycles. The van der Waals surface area contributed by atoms with Crippen LogP contribution in [0.3, 0.4) is 0 Å². The number of hydrogen-bond donors (Lipinski definition) is 2. The van der Waals surface area contributed by atoms with Crippen molar-refractivity contribution in [2.75, 3.05) is 17.7 Å². The number of thiazole rings is 1. The third-order valence-electron chi connectivity index (χ3n) is 6.70. The molecule has 5 rings (SSSR count). The quantitative estimate of drug-likeness (QED) is 0.310. The summed E-state index contributed by atoms with van der Waals surface area (Å²) in [4.78, 5) is 23.9. The summed E-state index contributed by atoms with van der Waals surface area (Å²) in [5.41, 5.74) is 11.4. The first kappa shape index (κ1) is 23.8. The smallest absolute Gasteiger partial charge is 0.269 e. The van der Waals surface area contributed by atoms with E-state index >= 15 is 0 Å². The lowest BCUT2D eigenvalue weighted by atomic mass is 9.71. The van der Waals surface area contributed by atoms with E-state index in [4.69, 9.17) is 15.5 Å². The lowest BCUT2D eigenvalue weighted by Gasteiger charge is -2.34. The van der Waals surface area contributed by atoms with Crippen molar-refractivity contribution in [1.82, 2.24) is 9.97 Å². The molecular weight excluding hydrogens is 476 g/mol. The van der Waals surface area contributed by atoms with Crippen molar-refractivity contribution in [1.29, 1.82) is 0 Å². The third kappa shape index (κ3) is 4.77. The molecule has 0 spiro atoms. The molecule has 1 aliphatic carbocycles. The van der Waals surface area contributed by atoms with Gasteiger partial charge in [-0.2, -0.15) is 0 Å². The molecule has 4 aromatic rings. The summed E-state index contributed by atoms with van der Waals surface area (Å²) in [6.07, 6.45) is 3.12.